The normalized spacial score (nSPS) is 10.8. The van der Waals surface area contributed by atoms with E-state index in [9.17, 15) is 0 Å². The summed E-state index contributed by atoms with van der Waals surface area (Å²) in [6.45, 7) is 4.89. The fraction of sp³-hybridized carbons (Fsp3) is 0.182. The smallest absolute Gasteiger partial charge is 0.226 e. The molecule has 6 heteroatoms. The third kappa shape index (κ3) is 4.06. The van der Waals surface area contributed by atoms with E-state index in [4.69, 9.17) is 0 Å². The molecule has 0 bridgehead atoms. The first-order valence-electron chi connectivity index (χ1n) is 9.30. The average molecular weight is 370 g/mol. The Morgan fingerprint density at radius 1 is 0.893 bits per heavy atom. The predicted octanol–water partition coefficient (Wildman–Crippen LogP) is 4.43. The standard InChI is InChI=1S/C22H22N6/c1-15-8-9-18(16(2)14-15)26-21-19-20(24-13-12-23-19)27-22(28-21)25-11-10-17-6-4-3-5-7-17/h3-9,12-14H,10-11H2,1-2H3,(H2,24,25,26,27,28). The molecule has 0 aliphatic carbocycles. The Kier molecular flexibility index (Phi) is 5.10. The van der Waals surface area contributed by atoms with Crippen molar-refractivity contribution in [2.45, 2.75) is 20.3 Å². The summed E-state index contributed by atoms with van der Waals surface area (Å²) in [5, 5.41) is 6.70. The molecule has 0 amide bonds. The van der Waals surface area contributed by atoms with E-state index >= 15 is 0 Å². The molecule has 0 fully saturated rings. The van der Waals surface area contributed by atoms with Crippen molar-refractivity contribution < 1.29 is 0 Å². The topological polar surface area (TPSA) is 75.6 Å². The van der Waals surface area contributed by atoms with E-state index in [0.717, 1.165) is 24.2 Å². The van der Waals surface area contributed by atoms with Crippen LogP contribution in [0.1, 0.15) is 16.7 Å². The number of fused-ring (bicyclic) bond motifs is 1. The lowest BCUT2D eigenvalue weighted by Gasteiger charge is -2.13. The predicted molar refractivity (Wildman–Crippen MR) is 113 cm³/mol. The molecule has 0 aliphatic rings. The number of anilines is 3. The van der Waals surface area contributed by atoms with Crippen LogP contribution in [0.5, 0.6) is 0 Å². The van der Waals surface area contributed by atoms with Gasteiger partial charge in [-0.25, -0.2) is 9.97 Å². The summed E-state index contributed by atoms with van der Waals surface area (Å²) < 4.78 is 0. The Hall–Kier alpha value is -3.54. The van der Waals surface area contributed by atoms with Gasteiger partial charge in [-0.3, -0.25) is 0 Å². The molecule has 4 rings (SSSR count). The van der Waals surface area contributed by atoms with Crippen molar-refractivity contribution in [2.24, 2.45) is 0 Å². The van der Waals surface area contributed by atoms with Crippen molar-refractivity contribution in [3.63, 3.8) is 0 Å². The molecular weight excluding hydrogens is 348 g/mol. The first-order chi connectivity index (χ1) is 13.7. The number of rotatable bonds is 6. The van der Waals surface area contributed by atoms with Gasteiger partial charge in [0.15, 0.2) is 17.0 Å². The van der Waals surface area contributed by atoms with E-state index in [1.54, 1.807) is 12.4 Å². The maximum atomic E-state index is 4.66. The quantitative estimate of drug-likeness (QED) is 0.523. The molecule has 0 radical (unpaired) electrons. The highest BCUT2D eigenvalue weighted by molar-refractivity contribution is 5.86. The number of nitrogens with zero attached hydrogens (tertiary/aromatic N) is 4. The van der Waals surface area contributed by atoms with Crippen LogP contribution in [-0.4, -0.2) is 26.5 Å². The molecular formula is C22H22N6. The lowest BCUT2D eigenvalue weighted by atomic mass is 10.1. The summed E-state index contributed by atoms with van der Waals surface area (Å²) in [6.07, 6.45) is 4.19. The molecule has 0 saturated heterocycles. The summed E-state index contributed by atoms with van der Waals surface area (Å²) in [6, 6.07) is 16.6. The van der Waals surface area contributed by atoms with Crippen molar-refractivity contribution in [2.75, 3.05) is 17.2 Å². The second-order valence-electron chi connectivity index (χ2n) is 6.73. The number of aromatic nitrogens is 4. The van der Waals surface area contributed by atoms with E-state index in [2.05, 4.69) is 74.7 Å². The first kappa shape index (κ1) is 17.9. The van der Waals surface area contributed by atoms with Gasteiger partial charge in [0.05, 0.1) is 0 Å². The molecule has 2 aromatic heterocycles. The monoisotopic (exact) mass is 370 g/mol. The molecule has 0 atom stereocenters. The zero-order valence-electron chi connectivity index (χ0n) is 16.0. The highest BCUT2D eigenvalue weighted by atomic mass is 15.2. The molecule has 0 saturated carbocycles. The first-order valence-corrected chi connectivity index (χ1v) is 9.30. The summed E-state index contributed by atoms with van der Waals surface area (Å²) >= 11 is 0. The van der Waals surface area contributed by atoms with Gasteiger partial charge in [0, 0.05) is 24.6 Å². The van der Waals surface area contributed by atoms with Crippen LogP contribution >= 0.6 is 0 Å². The second kappa shape index (κ2) is 8.00. The Labute approximate surface area is 164 Å². The minimum Gasteiger partial charge on any atom is -0.354 e. The molecule has 2 N–H and O–H groups in total. The molecule has 6 nitrogen and oxygen atoms in total. The van der Waals surface area contributed by atoms with Gasteiger partial charge < -0.3 is 10.6 Å². The summed E-state index contributed by atoms with van der Waals surface area (Å²) in [5.74, 6) is 1.18. The van der Waals surface area contributed by atoms with Gasteiger partial charge in [-0.05, 0) is 37.5 Å². The van der Waals surface area contributed by atoms with Gasteiger partial charge in [-0.1, -0.05) is 48.0 Å². The maximum Gasteiger partial charge on any atom is 0.226 e. The van der Waals surface area contributed by atoms with Crippen molar-refractivity contribution >= 4 is 28.6 Å². The molecule has 2 aromatic carbocycles. The highest BCUT2D eigenvalue weighted by Gasteiger charge is 2.11. The van der Waals surface area contributed by atoms with Gasteiger partial charge in [0.1, 0.15) is 0 Å². The lowest BCUT2D eigenvalue weighted by molar-refractivity contribution is 0.987. The van der Waals surface area contributed by atoms with Crippen LogP contribution in [-0.2, 0) is 6.42 Å². The van der Waals surface area contributed by atoms with Crippen LogP contribution in [0.3, 0.4) is 0 Å². The largest absolute Gasteiger partial charge is 0.354 e. The summed E-state index contributed by atoms with van der Waals surface area (Å²) in [5.41, 5.74) is 5.84. The van der Waals surface area contributed by atoms with Crippen LogP contribution in [0, 0.1) is 13.8 Å². The van der Waals surface area contributed by atoms with Gasteiger partial charge >= 0.3 is 0 Å². The van der Waals surface area contributed by atoms with E-state index < -0.39 is 0 Å². The number of benzene rings is 2. The molecule has 28 heavy (non-hydrogen) atoms. The van der Waals surface area contributed by atoms with Gasteiger partial charge in [-0.2, -0.15) is 9.97 Å². The number of aryl methyl sites for hydroxylation is 2. The molecule has 140 valence electrons. The fourth-order valence-corrected chi connectivity index (χ4v) is 3.07. The van der Waals surface area contributed by atoms with E-state index in [0.29, 0.717) is 22.9 Å². The molecule has 0 unspecified atom stereocenters. The minimum absolute atomic E-state index is 0.538. The van der Waals surface area contributed by atoms with E-state index in [-0.39, 0.29) is 0 Å². The average Bonchev–Trinajstić information content (AvgIpc) is 2.71. The molecule has 4 aromatic rings. The van der Waals surface area contributed by atoms with Crippen LogP contribution in [0.2, 0.25) is 0 Å². The SMILES string of the molecule is Cc1ccc(Nc2nc(NCCc3ccccc3)nc3nccnc23)c(C)c1. The third-order valence-electron chi connectivity index (χ3n) is 4.51. The molecule has 0 aliphatic heterocycles. The number of nitrogens with one attached hydrogen (secondary N) is 2. The third-order valence-corrected chi connectivity index (χ3v) is 4.51. The van der Waals surface area contributed by atoms with Crippen molar-refractivity contribution in [1.82, 2.24) is 19.9 Å². The summed E-state index contributed by atoms with van der Waals surface area (Å²) in [7, 11) is 0. The zero-order valence-corrected chi connectivity index (χ0v) is 16.0. The van der Waals surface area contributed by atoms with Crippen molar-refractivity contribution in [3.05, 3.63) is 77.6 Å². The van der Waals surface area contributed by atoms with Gasteiger partial charge in [-0.15, -0.1) is 0 Å². The zero-order chi connectivity index (χ0) is 19.3. The van der Waals surface area contributed by atoms with Crippen molar-refractivity contribution in [3.8, 4) is 0 Å². The van der Waals surface area contributed by atoms with Crippen molar-refractivity contribution in [1.29, 1.82) is 0 Å². The number of hydrogen-bond acceptors (Lipinski definition) is 6. The van der Waals surface area contributed by atoms with Gasteiger partial charge in [0.25, 0.3) is 0 Å². The van der Waals surface area contributed by atoms with Crippen LogP contribution in [0.25, 0.3) is 11.2 Å². The second-order valence-corrected chi connectivity index (χ2v) is 6.73. The van der Waals surface area contributed by atoms with Crippen LogP contribution in [0.4, 0.5) is 17.5 Å². The van der Waals surface area contributed by atoms with Crippen LogP contribution in [0.15, 0.2) is 60.9 Å². The van der Waals surface area contributed by atoms with E-state index in [1.807, 2.05) is 18.2 Å². The van der Waals surface area contributed by atoms with Gasteiger partial charge in [0.2, 0.25) is 5.95 Å². The molecule has 0 spiro atoms. The van der Waals surface area contributed by atoms with Crippen LogP contribution < -0.4 is 10.6 Å². The fourth-order valence-electron chi connectivity index (χ4n) is 3.07. The Balaban J connectivity index is 1.59. The Morgan fingerprint density at radius 3 is 2.54 bits per heavy atom. The minimum atomic E-state index is 0.538. The Bertz CT molecular complexity index is 1090. The number of hydrogen-bond donors (Lipinski definition) is 2. The summed E-state index contributed by atoms with van der Waals surface area (Å²) in [4.78, 5) is 17.9. The lowest BCUT2D eigenvalue weighted by Crippen LogP contribution is -2.10. The Morgan fingerprint density at radius 2 is 1.71 bits per heavy atom. The van der Waals surface area contributed by atoms with E-state index in [1.165, 1.54) is 11.1 Å². The molecule has 2 heterocycles. The highest BCUT2D eigenvalue weighted by Crippen LogP contribution is 2.25. The maximum absolute atomic E-state index is 4.66.